The molecule has 0 amide bonds. The highest BCUT2D eigenvalue weighted by atomic mass is 16.6. The van der Waals surface area contributed by atoms with Crippen LogP contribution in [0, 0.1) is 20.2 Å². The van der Waals surface area contributed by atoms with Crippen LogP contribution < -0.4 is 0 Å². The van der Waals surface area contributed by atoms with Crippen molar-refractivity contribution in [2.24, 2.45) is 0 Å². The van der Waals surface area contributed by atoms with Crippen molar-refractivity contribution in [3.63, 3.8) is 0 Å². The number of hydrogen-bond donors (Lipinski definition) is 0. The summed E-state index contributed by atoms with van der Waals surface area (Å²) in [5, 5.41) is 21.3. The van der Waals surface area contributed by atoms with Crippen LogP contribution in [-0.2, 0) is 9.47 Å². The fourth-order valence-corrected chi connectivity index (χ4v) is 1.93. The molecule has 0 unspecified atom stereocenters. The van der Waals surface area contributed by atoms with Gasteiger partial charge in [0, 0.05) is 24.3 Å². The van der Waals surface area contributed by atoms with Gasteiger partial charge in [0.2, 0.25) is 0 Å². The van der Waals surface area contributed by atoms with Gasteiger partial charge in [-0.25, -0.2) is 9.59 Å². The van der Waals surface area contributed by atoms with Gasteiger partial charge in [-0.05, 0) is 12.1 Å². The van der Waals surface area contributed by atoms with E-state index in [9.17, 15) is 29.8 Å². The average Bonchev–Trinajstić information content (AvgIpc) is 2.65. The minimum Gasteiger partial charge on any atom is -0.458 e. The number of carbonyl (C=O) groups is 2. The molecule has 0 spiro atoms. The SMILES string of the molecule is O=C(OCCOC(=O)c1cccc([N+](=O)[O-])c1)c1cccc([N+](=O)[O-])c1. The van der Waals surface area contributed by atoms with Gasteiger partial charge in [0.15, 0.2) is 0 Å². The van der Waals surface area contributed by atoms with Crippen LogP contribution in [0.15, 0.2) is 48.5 Å². The van der Waals surface area contributed by atoms with E-state index in [1.54, 1.807) is 0 Å². The zero-order valence-electron chi connectivity index (χ0n) is 13.2. The summed E-state index contributed by atoms with van der Waals surface area (Å²) in [6, 6.07) is 9.99. The van der Waals surface area contributed by atoms with Gasteiger partial charge in [0.05, 0.1) is 21.0 Å². The Balaban J connectivity index is 1.84. The summed E-state index contributed by atoms with van der Waals surface area (Å²) in [5.74, 6) is -1.61. The summed E-state index contributed by atoms with van der Waals surface area (Å²) >= 11 is 0. The Labute approximate surface area is 146 Å². The van der Waals surface area contributed by atoms with Gasteiger partial charge in [-0.1, -0.05) is 12.1 Å². The number of carbonyl (C=O) groups excluding carboxylic acids is 2. The Kier molecular flexibility index (Phi) is 5.93. The fourth-order valence-electron chi connectivity index (χ4n) is 1.93. The van der Waals surface area contributed by atoms with Crippen molar-refractivity contribution >= 4 is 23.3 Å². The highest BCUT2D eigenvalue weighted by Gasteiger charge is 2.14. The molecule has 10 heteroatoms. The first-order valence-electron chi connectivity index (χ1n) is 7.21. The second-order valence-electron chi connectivity index (χ2n) is 4.89. The molecule has 2 aromatic carbocycles. The number of nitro groups is 2. The lowest BCUT2D eigenvalue weighted by Crippen LogP contribution is -2.14. The molecule has 134 valence electrons. The molecule has 0 radical (unpaired) electrons. The molecule has 2 aromatic rings. The summed E-state index contributed by atoms with van der Waals surface area (Å²) in [4.78, 5) is 43.6. The summed E-state index contributed by atoms with van der Waals surface area (Å²) < 4.78 is 9.73. The number of nitro benzene ring substituents is 2. The molecule has 0 aromatic heterocycles. The molecule has 0 aliphatic carbocycles. The molecule has 0 saturated heterocycles. The predicted molar refractivity (Wildman–Crippen MR) is 86.8 cm³/mol. The maximum atomic E-state index is 11.8. The van der Waals surface area contributed by atoms with Crippen LogP contribution in [0.4, 0.5) is 11.4 Å². The molecule has 0 atom stereocenters. The highest BCUT2D eigenvalue weighted by Crippen LogP contribution is 2.15. The van der Waals surface area contributed by atoms with Crippen molar-refractivity contribution in [1.82, 2.24) is 0 Å². The molecule has 0 aliphatic rings. The zero-order valence-corrected chi connectivity index (χ0v) is 13.2. The lowest BCUT2D eigenvalue weighted by atomic mass is 10.2. The van der Waals surface area contributed by atoms with E-state index in [2.05, 4.69) is 0 Å². The minimum atomic E-state index is -0.805. The van der Waals surface area contributed by atoms with Gasteiger partial charge in [-0.2, -0.15) is 0 Å². The van der Waals surface area contributed by atoms with Gasteiger partial charge in [0.1, 0.15) is 13.2 Å². The number of ether oxygens (including phenoxy) is 2. The second kappa shape index (κ2) is 8.33. The Bertz CT molecular complexity index is 793. The molecule has 0 heterocycles. The van der Waals surface area contributed by atoms with Gasteiger partial charge in [0.25, 0.3) is 11.4 Å². The Morgan fingerprint density at radius 2 is 1.15 bits per heavy atom. The third-order valence-electron chi connectivity index (χ3n) is 3.13. The highest BCUT2D eigenvalue weighted by molar-refractivity contribution is 5.90. The summed E-state index contributed by atoms with van der Waals surface area (Å²) in [5.41, 5.74) is -0.526. The van der Waals surface area contributed by atoms with Crippen molar-refractivity contribution in [2.75, 3.05) is 13.2 Å². The first-order chi connectivity index (χ1) is 12.4. The van der Waals surface area contributed by atoms with Crippen LogP contribution in [0.5, 0.6) is 0 Å². The van der Waals surface area contributed by atoms with Gasteiger partial charge in [-0.15, -0.1) is 0 Å². The molecule has 0 saturated carbocycles. The number of benzene rings is 2. The number of hydrogen-bond acceptors (Lipinski definition) is 8. The Morgan fingerprint density at radius 1 is 0.769 bits per heavy atom. The number of rotatable bonds is 7. The smallest absolute Gasteiger partial charge is 0.338 e. The largest absolute Gasteiger partial charge is 0.458 e. The Hall–Kier alpha value is -3.82. The first kappa shape index (κ1) is 18.5. The second-order valence-corrected chi connectivity index (χ2v) is 4.89. The summed E-state index contributed by atoms with van der Waals surface area (Å²) in [7, 11) is 0. The molecule has 0 aliphatic heterocycles. The van der Waals surface area contributed by atoms with Crippen molar-refractivity contribution in [3.05, 3.63) is 79.9 Å². The normalized spacial score (nSPS) is 10.0. The molecule has 2 rings (SSSR count). The maximum Gasteiger partial charge on any atom is 0.338 e. The van der Waals surface area contributed by atoms with Gasteiger partial charge >= 0.3 is 11.9 Å². The van der Waals surface area contributed by atoms with Crippen LogP contribution in [0.1, 0.15) is 20.7 Å². The summed E-state index contributed by atoms with van der Waals surface area (Å²) in [6.07, 6.45) is 0. The monoisotopic (exact) mass is 360 g/mol. The van der Waals surface area contributed by atoms with E-state index in [-0.39, 0.29) is 35.7 Å². The number of nitrogens with zero attached hydrogens (tertiary/aromatic N) is 2. The van der Waals surface area contributed by atoms with Crippen LogP contribution in [-0.4, -0.2) is 35.0 Å². The van der Waals surface area contributed by atoms with E-state index in [0.717, 1.165) is 12.1 Å². The topological polar surface area (TPSA) is 139 Å². The predicted octanol–water partition coefficient (Wildman–Crippen LogP) is 2.52. The van der Waals surface area contributed by atoms with Crippen molar-refractivity contribution < 1.29 is 28.9 Å². The zero-order chi connectivity index (χ0) is 19.1. The third kappa shape index (κ3) is 4.84. The van der Waals surface area contributed by atoms with Gasteiger partial charge in [-0.3, -0.25) is 20.2 Å². The summed E-state index contributed by atoms with van der Waals surface area (Å²) in [6.45, 7) is -0.551. The van der Waals surface area contributed by atoms with Crippen LogP contribution >= 0.6 is 0 Å². The minimum absolute atomic E-state index is 0.00999. The van der Waals surface area contributed by atoms with Crippen LogP contribution in [0.3, 0.4) is 0 Å². The van der Waals surface area contributed by atoms with E-state index in [1.165, 1.54) is 36.4 Å². The van der Waals surface area contributed by atoms with E-state index in [4.69, 9.17) is 9.47 Å². The number of esters is 2. The molecule has 0 fully saturated rings. The standard InChI is InChI=1S/C16H12N2O8/c19-15(11-3-1-5-13(9-11)17(21)22)25-7-8-26-16(20)12-4-2-6-14(10-12)18(23)24/h1-6,9-10H,7-8H2. The first-order valence-corrected chi connectivity index (χ1v) is 7.21. The molecule has 0 bridgehead atoms. The lowest BCUT2D eigenvalue weighted by Gasteiger charge is -2.06. The lowest BCUT2D eigenvalue weighted by molar-refractivity contribution is -0.385. The maximum absolute atomic E-state index is 11.8. The third-order valence-corrected chi connectivity index (χ3v) is 3.13. The Morgan fingerprint density at radius 3 is 1.50 bits per heavy atom. The molecular weight excluding hydrogens is 348 g/mol. The molecule has 10 nitrogen and oxygen atoms in total. The average molecular weight is 360 g/mol. The van der Waals surface area contributed by atoms with E-state index in [0.29, 0.717) is 0 Å². The van der Waals surface area contributed by atoms with E-state index in [1.807, 2.05) is 0 Å². The van der Waals surface area contributed by atoms with Crippen molar-refractivity contribution in [2.45, 2.75) is 0 Å². The fraction of sp³-hybridized carbons (Fsp3) is 0.125. The van der Waals surface area contributed by atoms with Crippen molar-refractivity contribution in [1.29, 1.82) is 0 Å². The van der Waals surface area contributed by atoms with Crippen LogP contribution in [0.25, 0.3) is 0 Å². The molecule has 26 heavy (non-hydrogen) atoms. The molecular formula is C16H12N2O8. The van der Waals surface area contributed by atoms with Crippen LogP contribution in [0.2, 0.25) is 0 Å². The van der Waals surface area contributed by atoms with E-state index >= 15 is 0 Å². The molecule has 0 N–H and O–H groups in total. The quantitative estimate of drug-likeness (QED) is 0.317. The van der Waals surface area contributed by atoms with E-state index < -0.39 is 21.8 Å². The number of non-ortho nitro benzene ring substituents is 2. The van der Waals surface area contributed by atoms with Crippen molar-refractivity contribution in [3.8, 4) is 0 Å². The van der Waals surface area contributed by atoms with Gasteiger partial charge < -0.3 is 9.47 Å².